The van der Waals surface area contributed by atoms with Crippen LogP contribution in [0.1, 0.15) is 15.9 Å². The minimum Gasteiger partial charge on any atom is -0.497 e. The van der Waals surface area contributed by atoms with Gasteiger partial charge in [0.15, 0.2) is 0 Å². The molecule has 1 saturated heterocycles. The van der Waals surface area contributed by atoms with Crippen molar-refractivity contribution in [2.45, 2.75) is 11.8 Å². The molecule has 0 saturated carbocycles. The highest BCUT2D eigenvalue weighted by atomic mass is 32.2. The quantitative estimate of drug-likeness (QED) is 0.815. The average Bonchev–Trinajstić information content (AvgIpc) is 2.68. The van der Waals surface area contributed by atoms with Crippen LogP contribution in [-0.2, 0) is 10.0 Å². The van der Waals surface area contributed by atoms with Crippen molar-refractivity contribution in [3.63, 3.8) is 0 Å². The molecule has 2 aromatic rings. The van der Waals surface area contributed by atoms with Crippen molar-refractivity contribution in [1.82, 2.24) is 10.2 Å². The van der Waals surface area contributed by atoms with Crippen molar-refractivity contribution in [3.05, 3.63) is 53.6 Å². The van der Waals surface area contributed by atoms with E-state index in [1.807, 2.05) is 0 Å². The van der Waals surface area contributed by atoms with E-state index in [1.54, 1.807) is 55.3 Å². The van der Waals surface area contributed by atoms with Gasteiger partial charge in [-0.1, -0.05) is 6.07 Å². The van der Waals surface area contributed by atoms with Gasteiger partial charge in [-0.2, -0.15) is 0 Å². The van der Waals surface area contributed by atoms with Crippen molar-refractivity contribution in [2.75, 3.05) is 38.0 Å². The van der Waals surface area contributed by atoms with Crippen LogP contribution in [0.5, 0.6) is 5.75 Å². The first-order valence-electron chi connectivity index (χ1n) is 8.68. The van der Waals surface area contributed by atoms with Crippen LogP contribution in [0.2, 0.25) is 0 Å². The zero-order valence-corrected chi connectivity index (χ0v) is 16.2. The summed E-state index contributed by atoms with van der Waals surface area (Å²) in [4.78, 5) is 14.5. The largest absolute Gasteiger partial charge is 0.497 e. The van der Waals surface area contributed by atoms with Gasteiger partial charge in [0.05, 0.1) is 12.0 Å². The summed E-state index contributed by atoms with van der Waals surface area (Å²) in [6.07, 6.45) is 0. The molecule has 27 heavy (non-hydrogen) atoms. The summed E-state index contributed by atoms with van der Waals surface area (Å²) in [7, 11) is -2.28. The molecule has 8 heteroatoms. The van der Waals surface area contributed by atoms with E-state index in [9.17, 15) is 13.2 Å². The molecule has 1 fully saturated rings. The van der Waals surface area contributed by atoms with E-state index in [-0.39, 0.29) is 10.8 Å². The van der Waals surface area contributed by atoms with Crippen LogP contribution in [0.4, 0.5) is 5.69 Å². The number of benzene rings is 2. The minimum absolute atomic E-state index is 0.0966. The minimum atomic E-state index is -3.82. The average molecular weight is 389 g/mol. The van der Waals surface area contributed by atoms with Gasteiger partial charge in [-0.05, 0) is 48.9 Å². The lowest BCUT2D eigenvalue weighted by molar-refractivity contribution is 0.0735. The lowest BCUT2D eigenvalue weighted by atomic mass is 10.1. The van der Waals surface area contributed by atoms with E-state index in [0.29, 0.717) is 35.7 Å². The molecular formula is C19H23N3O4S. The molecule has 0 aromatic heterocycles. The summed E-state index contributed by atoms with van der Waals surface area (Å²) < 4.78 is 33.3. The molecule has 0 aliphatic carbocycles. The Kier molecular flexibility index (Phi) is 5.67. The first-order valence-corrected chi connectivity index (χ1v) is 10.2. The molecule has 1 amide bonds. The maximum atomic E-state index is 12.9. The van der Waals surface area contributed by atoms with Crippen LogP contribution >= 0.6 is 0 Å². The molecule has 3 rings (SSSR count). The number of carbonyl (C=O) groups is 1. The highest BCUT2D eigenvalue weighted by Crippen LogP contribution is 2.23. The second kappa shape index (κ2) is 7.98. The third-order valence-electron chi connectivity index (χ3n) is 4.47. The fourth-order valence-electron chi connectivity index (χ4n) is 2.94. The van der Waals surface area contributed by atoms with Crippen LogP contribution in [-0.4, -0.2) is 52.5 Å². The molecule has 0 radical (unpaired) electrons. The Morgan fingerprint density at radius 1 is 1.11 bits per heavy atom. The van der Waals surface area contributed by atoms with Gasteiger partial charge in [-0.15, -0.1) is 0 Å². The smallest absolute Gasteiger partial charge is 0.262 e. The van der Waals surface area contributed by atoms with E-state index < -0.39 is 10.0 Å². The molecule has 0 unspecified atom stereocenters. The number of rotatable bonds is 5. The summed E-state index contributed by atoms with van der Waals surface area (Å²) in [5, 5.41) is 3.19. The molecule has 2 aromatic carbocycles. The molecule has 2 N–H and O–H groups in total. The number of amides is 1. The molecule has 0 spiro atoms. The number of sulfonamides is 1. The van der Waals surface area contributed by atoms with E-state index in [2.05, 4.69) is 10.0 Å². The van der Waals surface area contributed by atoms with E-state index in [0.717, 1.165) is 13.1 Å². The number of nitrogens with one attached hydrogen (secondary N) is 2. The number of methoxy groups -OCH3 is 1. The second-order valence-corrected chi connectivity index (χ2v) is 8.01. The van der Waals surface area contributed by atoms with Crippen molar-refractivity contribution < 1.29 is 17.9 Å². The number of anilines is 1. The normalized spacial score (nSPS) is 14.7. The van der Waals surface area contributed by atoms with Crippen molar-refractivity contribution in [1.29, 1.82) is 0 Å². The zero-order valence-electron chi connectivity index (χ0n) is 15.4. The summed E-state index contributed by atoms with van der Waals surface area (Å²) >= 11 is 0. The monoisotopic (exact) mass is 389 g/mol. The second-order valence-electron chi connectivity index (χ2n) is 6.36. The topological polar surface area (TPSA) is 87.7 Å². The van der Waals surface area contributed by atoms with Crippen molar-refractivity contribution in [2.24, 2.45) is 0 Å². The standard InChI is InChI=1S/C19H23N3O4S/c1-14-3-4-15(19(23)22-11-9-20-10-12-22)13-18(14)27(24,25)21-16-5-7-17(26-2)8-6-16/h3-8,13,20-21H,9-12H2,1-2H3. The number of ether oxygens (including phenoxy) is 1. The molecule has 1 heterocycles. The predicted octanol–water partition coefficient (Wildman–Crippen LogP) is 1.85. The van der Waals surface area contributed by atoms with Gasteiger partial charge in [0.1, 0.15) is 5.75 Å². The number of nitrogens with zero attached hydrogens (tertiary/aromatic N) is 1. The van der Waals surface area contributed by atoms with Crippen LogP contribution < -0.4 is 14.8 Å². The lowest BCUT2D eigenvalue weighted by Crippen LogP contribution is -2.46. The van der Waals surface area contributed by atoms with Gasteiger partial charge in [0, 0.05) is 37.4 Å². The number of hydrogen-bond donors (Lipinski definition) is 2. The van der Waals surface area contributed by atoms with E-state index in [4.69, 9.17) is 4.74 Å². The third kappa shape index (κ3) is 4.40. The Balaban J connectivity index is 1.86. The van der Waals surface area contributed by atoms with Crippen LogP contribution in [0.25, 0.3) is 0 Å². The zero-order chi connectivity index (χ0) is 19.4. The van der Waals surface area contributed by atoms with Crippen LogP contribution in [0, 0.1) is 6.92 Å². The van der Waals surface area contributed by atoms with Crippen molar-refractivity contribution in [3.8, 4) is 5.75 Å². The number of aryl methyl sites for hydroxylation is 1. The van der Waals surface area contributed by atoms with Gasteiger partial charge in [-0.3, -0.25) is 9.52 Å². The van der Waals surface area contributed by atoms with Gasteiger partial charge in [-0.25, -0.2) is 8.42 Å². The van der Waals surface area contributed by atoms with E-state index in [1.165, 1.54) is 6.07 Å². The first kappa shape index (κ1) is 19.2. The molecule has 0 atom stereocenters. The number of carbonyl (C=O) groups excluding carboxylic acids is 1. The Morgan fingerprint density at radius 3 is 2.41 bits per heavy atom. The first-order chi connectivity index (χ1) is 12.9. The van der Waals surface area contributed by atoms with Gasteiger partial charge < -0.3 is 15.0 Å². The van der Waals surface area contributed by atoms with Gasteiger partial charge in [0.25, 0.3) is 15.9 Å². The lowest BCUT2D eigenvalue weighted by Gasteiger charge is -2.27. The highest BCUT2D eigenvalue weighted by Gasteiger charge is 2.22. The summed E-state index contributed by atoms with van der Waals surface area (Å²) in [5.41, 5.74) is 1.37. The summed E-state index contributed by atoms with van der Waals surface area (Å²) in [6, 6.07) is 11.4. The molecular weight excluding hydrogens is 366 g/mol. The maximum absolute atomic E-state index is 12.9. The molecule has 7 nitrogen and oxygen atoms in total. The molecule has 1 aliphatic rings. The fourth-order valence-corrected chi connectivity index (χ4v) is 4.27. The molecule has 0 bridgehead atoms. The van der Waals surface area contributed by atoms with Gasteiger partial charge in [0.2, 0.25) is 0 Å². The summed E-state index contributed by atoms with van der Waals surface area (Å²) in [6.45, 7) is 4.41. The Morgan fingerprint density at radius 2 is 1.78 bits per heavy atom. The number of piperazine rings is 1. The SMILES string of the molecule is COc1ccc(NS(=O)(=O)c2cc(C(=O)N3CCNCC3)ccc2C)cc1. The Bertz CT molecular complexity index is 920. The summed E-state index contributed by atoms with van der Waals surface area (Å²) in [5.74, 6) is 0.482. The predicted molar refractivity (Wildman–Crippen MR) is 104 cm³/mol. The molecule has 144 valence electrons. The fraction of sp³-hybridized carbons (Fsp3) is 0.316. The van der Waals surface area contributed by atoms with Gasteiger partial charge >= 0.3 is 0 Å². The van der Waals surface area contributed by atoms with Crippen LogP contribution in [0.3, 0.4) is 0 Å². The maximum Gasteiger partial charge on any atom is 0.262 e. The highest BCUT2D eigenvalue weighted by molar-refractivity contribution is 7.92. The Labute approximate surface area is 159 Å². The van der Waals surface area contributed by atoms with Crippen LogP contribution in [0.15, 0.2) is 47.4 Å². The molecule has 1 aliphatic heterocycles. The third-order valence-corrected chi connectivity index (χ3v) is 5.99. The van der Waals surface area contributed by atoms with Crippen molar-refractivity contribution >= 4 is 21.6 Å². The van der Waals surface area contributed by atoms with E-state index >= 15 is 0 Å². The number of hydrogen-bond acceptors (Lipinski definition) is 5. The Hall–Kier alpha value is -2.58.